The predicted molar refractivity (Wildman–Crippen MR) is 98.3 cm³/mol. The van der Waals surface area contributed by atoms with E-state index in [1.54, 1.807) is 25.4 Å². The molecule has 0 amide bonds. The molecule has 1 aromatic heterocycles. The molecule has 0 saturated carbocycles. The van der Waals surface area contributed by atoms with Gasteiger partial charge < -0.3 is 14.5 Å². The van der Waals surface area contributed by atoms with Crippen LogP contribution in [0.5, 0.6) is 11.5 Å². The fourth-order valence-electron chi connectivity index (χ4n) is 3.51. The highest BCUT2D eigenvalue weighted by molar-refractivity contribution is 5.43. The van der Waals surface area contributed by atoms with Gasteiger partial charge in [0.05, 0.1) is 14.2 Å². The molecule has 1 aromatic carbocycles. The summed E-state index contributed by atoms with van der Waals surface area (Å²) in [5.41, 5.74) is 1.72. The number of halogens is 1. The van der Waals surface area contributed by atoms with Crippen LogP contribution in [0.2, 0.25) is 0 Å². The van der Waals surface area contributed by atoms with E-state index in [-0.39, 0.29) is 11.4 Å². The standard InChI is InChI=1S/C20H25FN2O3/c1-25-18-10-16(17(21)11-19(18)26-2)13-23-7-5-14(6-8-23)9-15-3-4-20(24)22-12-15/h3-4,10-12,14H,5-9,13H2,1-2H3,(H,22,24). The zero-order valence-corrected chi connectivity index (χ0v) is 15.3. The minimum Gasteiger partial charge on any atom is -0.493 e. The fraction of sp³-hybridized carbons (Fsp3) is 0.450. The van der Waals surface area contributed by atoms with E-state index in [2.05, 4.69) is 9.88 Å². The number of hydrogen-bond donors (Lipinski definition) is 1. The molecule has 2 aromatic rings. The van der Waals surface area contributed by atoms with Crippen molar-refractivity contribution >= 4 is 0 Å². The molecule has 0 radical (unpaired) electrons. The van der Waals surface area contributed by atoms with Crippen molar-refractivity contribution in [2.45, 2.75) is 25.8 Å². The van der Waals surface area contributed by atoms with Crippen molar-refractivity contribution in [3.05, 3.63) is 57.8 Å². The van der Waals surface area contributed by atoms with Crippen LogP contribution in [-0.2, 0) is 13.0 Å². The van der Waals surface area contributed by atoms with Crippen molar-refractivity contribution in [2.75, 3.05) is 27.3 Å². The Labute approximate surface area is 152 Å². The molecule has 140 valence electrons. The topological polar surface area (TPSA) is 54.6 Å². The van der Waals surface area contributed by atoms with Crippen LogP contribution in [0.25, 0.3) is 0 Å². The molecule has 2 heterocycles. The number of benzene rings is 1. The van der Waals surface area contributed by atoms with Crippen LogP contribution >= 0.6 is 0 Å². The smallest absolute Gasteiger partial charge is 0.247 e. The van der Waals surface area contributed by atoms with Gasteiger partial charge in [0.15, 0.2) is 11.5 Å². The number of ether oxygens (including phenoxy) is 2. The molecule has 0 unspecified atom stereocenters. The largest absolute Gasteiger partial charge is 0.493 e. The van der Waals surface area contributed by atoms with Crippen LogP contribution in [0, 0.1) is 11.7 Å². The summed E-state index contributed by atoms with van der Waals surface area (Å²) in [5, 5.41) is 0. The van der Waals surface area contributed by atoms with E-state index in [1.165, 1.54) is 13.2 Å². The molecule has 1 fully saturated rings. The molecule has 1 aliphatic heterocycles. The summed E-state index contributed by atoms with van der Waals surface area (Å²) in [7, 11) is 3.06. The monoisotopic (exact) mass is 360 g/mol. The van der Waals surface area contributed by atoms with Gasteiger partial charge in [-0.3, -0.25) is 9.69 Å². The Balaban J connectivity index is 1.57. The van der Waals surface area contributed by atoms with E-state index in [9.17, 15) is 9.18 Å². The van der Waals surface area contributed by atoms with Crippen molar-refractivity contribution in [3.8, 4) is 11.5 Å². The van der Waals surface area contributed by atoms with E-state index in [0.717, 1.165) is 37.9 Å². The molecule has 0 aliphatic carbocycles. The third kappa shape index (κ3) is 4.43. The Morgan fingerprint density at radius 3 is 2.46 bits per heavy atom. The zero-order valence-electron chi connectivity index (χ0n) is 15.3. The first-order chi connectivity index (χ1) is 12.6. The molecule has 3 rings (SSSR count). The molecule has 1 saturated heterocycles. The zero-order chi connectivity index (χ0) is 18.5. The first kappa shape index (κ1) is 18.5. The highest BCUT2D eigenvalue weighted by Crippen LogP contribution is 2.31. The first-order valence-corrected chi connectivity index (χ1v) is 8.89. The summed E-state index contributed by atoms with van der Waals surface area (Å²) < 4.78 is 24.7. The van der Waals surface area contributed by atoms with Crippen molar-refractivity contribution in [2.24, 2.45) is 5.92 Å². The highest BCUT2D eigenvalue weighted by atomic mass is 19.1. The molecule has 1 N–H and O–H groups in total. The lowest BCUT2D eigenvalue weighted by Gasteiger charge is -2.32. The van der Waals surface area contributed by atoms with Gasteiger partial charge in [0.25, 0.3) is 0 Å². The quantitative estimate of drug-likeness (QED) is 0.860. The van der Waals surface area contributed by atoms with Crippen LogP contribution in [0.4, 0.5) is 4.39 Å². The lowest BCUT2D eigenvalue weighted by Crippen LogP contribution is -2.34. The third-order valence-electron chi connectivity index (χ3n) is 5.03. The Hall–Kier alpha value is -2.34. The second kappa shape index (κ2) is 8.36. The van der Waals surface area contributed by atoms with Crippen molar-refractivity contribution in [3.63, 3.8) is 0 Å². The summed E-state index contributed by atoms with van der Waals surface area (Å²) >= 11 is 0. The Morgan fingerprint density at radius 2 is 1.85 bits per heavy atom. The molecule has 26 heavy (non-hydrogen) atoms. The van der Waals surface area contributed by atoms with Gasteiger partial charge in [0.1, 0.15) is 5.82 Å². The maximum Gasteiger partial charge on any atom is 0.247 e. The van der Waals surface area contributed by atoms with Gasteiger partial charge in [-0.1, -0.05) is 6.07 Å². The van der Waals surface area contributed by atoms with Crippen LogP contribution in [0.1, 0.15) is 24.0 Å². The van der Waals surface area contributed by atoms with Crippen LogP contribution in [0.3, 0.4) is 0 Å². The van der Waals surface area contributed by atoms with Gasteiger partial charge in [0, 0.05) is 30.4 Å². The first-order valence-electron chi connectivity index (χ1n) is 8.89. The summed E-state index contributed by atoms with van der Waals surface area (Å²) in [4.78, 5) is 16.1. The van der Waals surface area contributed by atoms with E-state index < -0.39 is 0 Å². The van der Waals surface area contributed by atoms with Crippen molar-refractivity contribution in [1.29, 1.82) is 0 Å². The number of aromatic nitrogens is 1. The average molecular weight is 360 g/mol. The molecule has 0 spiro atoms. The number of aromatic amines is 1. The summed E-state index contributed by atoms with van der Waals surface area (Å²) in [5.74, 6) is 1.29. The molecule has 5 nitrogen and oxygen atoms in total. The van der Waals surface area contributed by atoms with Crippen molar-refractivity contribution < 1.29 is 13.9 Å². The summed E-state index contributed by atoms with van der Waals surface area (Å²) in [6.45, 7) is 2.43. The van der Waals surface area contributed by atoms with Crippen LogP contribution in [0.15, 0.2) is 35.3 Å². The summed E-state index contributed by atoms with van der Waals surface area (Å²) in [6.07, 6.45) is 4.89. The second-order valence-corrected chi connectivity index (χ2v) is 6.78. The number of pyridine rings is 1. The Kier molecular flexibility index (Phi) is 5.93. The van der Waals surface area contributed by atoms with Gasteiger partial charge in [0.2, 0.25) is 5.56 Å². The molecule has 1 aliphatic rings. The number of piperidine rings is 1. The van der Waals surface area contributed by atoms with E-state index in [4.69, 9.17) is 9.47 Å². The summed E-state index contributed by atoms with van der Waals surface area (Å²) in [6, 6.07) is 6.58. The highest BCUT2D eigenvalue weighted by Gasteiger charge is 2.21. The van der Waals surface area contributed by atoms with Gasteiger partial charge in [-0.15, -0.1) is 0 Å². The van der Waals surface area contributed by atoms with E-state index >= 15 is 0 Å². The Bertz CT molecular complexity index is 778. The Morgan fingerprint density at radius 1 is 1.15 bits per heavy atom. The molecule has 0 bridgehead atoms. The average Bonchev–Trinajstić information content (AvgIpc) is 2.66. The lowest BCUT2D eigenvalue weighted by molar-refractivity contribution is 0.175. The van der Waals surface area contributed by atoms with Gasteiger partial charge in [-0.2, -0.15) is 0 Å². The predicted octanol–water partition coefficient (Wildman–Crippen LogP) is 2.99. The molecular formula is C20H25FN2O3. The second-order valence-electron chi connectivity index (χ2n) is 6.78. The number of nitrogens with one attached hydrogen (secondary N) is 1. The third-order valence-corrected chi connectivity index (χ3v) is 5.03. The SMILES string of the molecule is COc1cc(F)c(CN2CCC(Cc3ccc(=O)[nH]c3)CC2)cc1OC. The van der Waals surface area contributed by atoms with E-state index in [1.807, 2.05) is 6.07 Å². The lowest BCUT2D eigenvalue weighted by atomic mass is 9.90. The number of nitrogens with zero attached hydrogens (tertiary/aromatic N) is 1. The number of rotatable bonds is 6. The molecular weight excluding hydrogens is 335 g/mol. The van der Waals surface area contributed by atoms with Gasteiger partial charge in [-0.05, 0) is 49.9 Å². The minimum absolute atomic E-state index is 0.0690. The van der Waals surface area contributed by atoms with Crippen LogP contribution < -0.4 is 15.0 Å². The fourth-order valence-corrected chi connectivity index (χ4v) is 3.51. The molecule has 6 heteroatoms. The van der Waals surface area contributed by atoms with Crippen LogP contribution in [-0.4, -0.2) is 37.2 Å². The number of likely N-dealkylation sites (tertiary alicyclic amines) is 1. The number of hydrogen-bond acceptors (Lipinski definition) is 4. The maximum absolute atomic E-state index is 14.3. The normalized spacial score (nSPS) is 15.8. The number of methoxy groups -OCH3 is 2. The molecule has 0 atom stereocenters. The minimum atomic E-state index is -0.266. The number of H-pyrrole nitrogens is 1. The maximum atomic E-state index is 14.3. The van der Waals surface area contributed by atoms with Gasteiger partial charge >= 0.3 is 0 Å². The van der Waals surface area contributed by atoms with Crippen molar-refractivity contribution in [1.82, 2.24) is 9.88 Å². The van der Waals surface area contributed by atoms with E-state index in [0.29, 0.717) is 29.5 Å². The van der Waals surface area contributed by atoms with Gasteiger partial charge in [-0.25, -0.2) is 4.39 Å².